The van der Waals surface area contributed by atoms with Crippen LogP contribution in [0.5, 0.6) is 0 Å². The lowest BCUT2D eigenvalue weighted by molar-refractivity contribution is -0.145. The molecule has 1 saturated carbocycles. The highest BCUT2D eigenvalue weighted by Gasteiger charge is 2.35. The van der Waals surface area contributed by atoms with Crippen molar-refractivity contribution in [3.05, 3.63) is 0 Å². The van der Waals surface area contributed by atoms with Crippen molar-refractivity contribution in [2.24, 2.45) is 17.8 Å². The number of amides is 2. The van der Waals surface area contributed by atoms with Gasteiger partial charge in [-0.25, -0.2) is 5.48 Å². The van der Waals surface area contributed by atoms with E-state index in [1.807, 2.05) is 13.8 Å². The van der Waals surface area contributed by atoms with Crippen molar-refractivity contribution in [3.8, 4) is 0 Å². The van der Waals surface area contributed by atoms with Gasteiger partial charge in [-0.3, -0.25) is 19.6 Å². The Morgan fingerprint density at radius 1 is 1.15 bits per heavy atom. The summed E-state index contributed by atoms with van der Waals surface area (Å²) in [5.74, 6) is -1.73. The second-order valence-electron chi connectivity index (χ2n) is 7.26. The van der Waals surface area contributed by atoms with Gasteiger partial charge in [-0.1, -0.05) is 33.1 Å². The van der Waals surface area contributed by atoms with Crippen molar-refractivity contribution < 1.29 is 24.7 Å². The zero-order valence-electron chi connectivity index (χ0n) is 16.0. The zero-order valence-corrected chi connectivity index (χ0v) is 16.0. The van der Waals surface area contributed by atoms with E-state index >= 15 is 0 Å². The molecule has 0 spiro atoms. The Bertz CT molecular complexity index is 469. The number of ketones is 1. The number of hydrogen-bond donors (Lipinski definition) is 4. The number of nitrogens with one attached hydrogen (secondary N) is 2. The first-order chi connectivity index (χ1) is 12.5. The van der Waals surface area contributed by atoms with Crippen molar-refractivity contribution in [2.45, 2.75) is 77.7 Å². The van der Waals surface area contributed by atoms with Gasteiger partial charge in [0.2, 0.25) is 5.91 Å². The lowest BCUT2D eigenvalue weighted by atomic mass is 9.85. The molecular weight excluding hydrogens is 336 g/mol. The molecule has 1 aliphatic carbocycles. The molecule has 7 heteroatoms. The highest BCUT2D eigenvalue weighted by molar-refractivity contribution is 5.89. The number of aliphatic hydroxyl groups is 1. The summed E-state index contributed by atoms with van der Waals surface area (Å²) in [6.07, 6.45) is 4.94. The van der Waals surface area contributed by atoms with Crippen LogP contribution in [0.1, 0.15) is 71.6 Å². The van der Waals surface area contributed by atoms with Crippen LogP contribution in [0.4, 0.5) is 0 Å². The van der Waals surface area contributed by atoms with E-state index in [0.29, 0.717) is 19.4 Å². The predicted molar refractivity (Wildman–Crippen MR) is 97.3 cm³/mol. The molecule has 0 radical (unpaired) electrons. The number of carbonyl (C=O) groups excluding carboxylic acids is 3. The Balaban J connectivity index is 2.62. The fraction of sp³-hybridized carbons (Fsp3) is 0.842. The third-order valence-corrected chi connectivity index (χ3v) is 5.35. The quantitative estimate of drug-likeness (QED) is 0.309. The third kappa shape index (κ3) is 6.68. The van der Waals surface area contributed by atoms with Gasteiger partial charge in [-0.15, -0.1) is 0 Å². The van der Waals surface area contributed by atoms with Gasteiger partial charge in [0.25, 0.3) is 5.91 Å². The largest absolute Gasteiger partial charge is 0.382 e. The molecule has 1 rings (SSSR count). The van der Waals surface area contributed by atoms with Crippen molar-refractivity contribution in [1.82, 2.24) is 10.8 Å². The normalized spacial score (nSPS) is 21.8. The Morgan fingerprint density at radius 3 is 2.50 bits per heavy atom. The van der Waals surface area contributed by atoms with Crippen LogP contribution in [0.25, 0.3) is 0 Å². The zero-order chi connectivity index (χ0) is 19.5. The van der Waals surface area contributed by atoms with Crippen LogP contribution in [0.3, 0.4) is 0 Å². The number of hydrogen-bond acceptors (Lipinski definition) is 5. The molecule has 0 aromatic rings. The molecule has 0 saturated heterocycles. The van der Waals surface area contributed by atoms with Gasteiger partial charge in [0.1, 0.15) is 11.9 Å². The molecule has 26 heavy (non-hydrogen) atoms. The maximum Gasteiger partial charge on any atom is 0.272 e. The van der Waals surface area contributed by atoms with E-state index in [0.717, 1.165) is 38.5 Å². The standard InChI is InChI=1S/C19H34N2O5/c1-3-5-8-15(17(23)19(25)21-26)16(22)11-10-13-7-6-9-14(13)18(24)20-12-4-2/h13-15,17,23,26H,3-12H2,1-2H3,(H,20,24)(H,21,25)/t13?,14-,15+,17+/m1/s1. The lowest BCUT2D eigenvalue weighted by Crippen LogP contribution is -2.41. The van der Waals surface area contributed by atoms with Crippen LogP contribution >= 0.6 is 0 Å². The van der Waals surface area contributed by atoms with E-state index in [1.165, 1.54) is 5.48 Å². The topological polar surface area (TPSA) is 116 Å². The molecule has 1 aliphatic rings. The SMILES string of the molecule is CCCC[C@@H](C(=O)CCC1CCC[C@H]1C(=O)NCCC)[C@H](O)C(=O)NO. The highest BCUT2D eigenvalue weighted by Crippen LogP contribution is 2.35. The summed E-state index contributed by atoms with van der Waals surface area (Å²) in [5, 5.41) is 21.7. The number of Topliss-reactive ketones (excluding diaryl/α,β-unsaturated/α-hetero) is 1. The van der Waals surface area contributed by atoms with Gasteiger partial charge in [0.05, 0.1) is 5.92 Å². The summed E-state index contributed by atoms with van der Waals surface area (Å²) in [6, 6.07) is 0. The van der Waals surface area contributed by atoms with Gasteiger partial charge < -0.3 is 10.4 Å². The number of carbonyl (C=O) groups is 3. The van der Waals surface area contributed by atoms with E-state index < -0.39 is 17.9 Å². The number of unbranched alkanes of at least 4 members (excludes halogenated alkanes) is 1. The Kier molecular flexibility index (Phi) is 10.4. The molecule has 1 unspecified atom stereocenters. The Morgan fingerprint density at radius 2 is 1.88 bits per heavy atom. The van der Waals surface area contributed by atoms with E-state index in [-0.39, 0.29) is 29.9 Å². The highest BCUT2D eigenvalue weighted by atomic mass is 16.5. The van der Waals surface area contributed by atoms with Gasteiger partial charge in [-0.05, 0) is 38.0 Å². The Hall–Kier alpha value is -1.47. The van der Waals surface area contributed by atoms with E-state index in [2.05, 4.69) is 5.32 Å². The van der Waals surface area contributed by atoms with E-state index in [1.54, 1.807) is 0 Å². The predicted octanol–water partition coefficient (Wildman–Crippen LogP) is 1.95. The number of hydroxylamine groups is 1. The van der Waals surface area contributed by atoms with E-state index in [9.17, 15) is 19.5 Å². The Labute approximate surface area is 155 Å². The summed E-state index contributed by atoms with van der Waals surface area (Å²) in [4.78, 5) is 36.4. The first-order valence-corrected chi connectivity index (χ1v) is 9.88. The summed E-state index contributed by atoms with van der Waals surface area (Å²) in [7, 11) is 0. The molecule has 0 aromatic heterocycles. The monoisotopic (exact) mass is 370 g/mol. The molecule has 0 bridgehead atoms. The van der Waals surface area contributed by atoms with Gasteiger partial charge in [0.15, 0.2) is 0 Å². The summed E-state index contributed by atoms with van der Waals surface area (Å²) in [6.45, 7) is 4.65. The van der Waals surface area contributed by atoms with Crippen molar-refractivity contribution in [3.63, 3.8) is 0 Å². The average molecular weight is 370 g/mol. The summed E-state index contributed by atoms with van der Waals surface area (Å²) in [5.41, 5.74) is 1.42. The number of aliphatic hydroxyl groups excluding tert-OH is 1. The third-order valence-electron chi connectivity index (χ3n) is 5.35. The van der Waals surface area contributed by atoms with Gasteiger partial charge in [0, 0.05) is 18.9 Å². The molecule has 1 fully saturated rings. The minimum atomic E-state index is -1.54. The fourth-order valence-corrected chi connectivity index (χ4v) is 3.79. The van der Waals surface area contributed by atoms with E-state index in [4.69, 9.17) is 5.21 Å². The molecular formula is C19H34N2O5. The summed E-state index contributed by atoms with van der Waals surface area (Å²) >= 11 is 0. The summed E-state index contributed by atoms with van der Waals surface area (Å²) < 4.78 is 0. The molecule has 0 aromatic carbocycles. The van der Waals surface area contributed by atoms with Crippen LogP contribution in [-0.4, -0.2) is 40.6 Å². The molecule has 2 amide bonds. The van der Waals surface area contributed by atoms with Crippen LogP contribution in [-0.2, 0) is 14.4 Å². The molecule has 150 valence electrons. The fourth-order valence-electron chi connectivity index (χ4n) is 3.79. The smallest absolute Gasteiger partial charge is 0.272 e. The first kappa shape index (κ1) is 22.6. The van der Waals surface area contributed by atoms with Gasteiger partial charge in [-0.2, -0.15) is 0 Å². The average Bonchev–Trinajstić information content (AvgIpc) is 3.12. The van der Waals surface area contributed by atoms with Crippen molar-refractivity contribution >= 4 is 17.6 Å². The first-order valence-electron chi connectivity index (χ1n) is 9.88. The minimum absolute atomic E-state index is 0.0471. The van der Waals surface area contributed by atoms with Crippen molar-refractivity contribution in [2.75, 3.05) is 6.54 Å². The molecule has 0 heterocycles. The molecule has 4 atom stereocenters. The van der Waals surface area contributed by atoms with Crippen LogP contribution in [0, 0.1) is 17.8 Å². The van der Waals surface area contributed by atoms with Crippen LogP contribution in [0.15, 0.2) is 0 Å². The van der Waals surface area contributed by atoms with Crippen molar-refractivity contribution in [1.29, 1.82) is 0 Å². The van der Waals surface area contributed by atoms with Crippen LogP contribution in [0.2, 0.25) is 0 Å². The molecule has 7 nitrogen and oxygen atoms in total. The van der Waals surface area contributed by atoms with Crippen LogP contribution < -0.4 is 10.8 Å². The molecule has 4 N–H and O–H groups in total. The second kappa shape index (κ2) is 12.0. The second-order valence-corrected chi connectivity index (χ2v) is 7.26. The number of rotatable bonds is 12. The maximum absolute atomic E-state index is 12.6. The lowest BCUT2D eigenvalue weighted by Gasteiger charge is -2.22. The minimum Gasteiger partial charge on any atom is -0.382 e. The van der Waals surface area contributed by atoms with Gasteiger partial charge >= 0.3 is 0 Å². The maximum atomic E-state index is 12.6. The molecule has 0 aliphatic heterocycles.